The van der Waals surface area contributed by atoms with Crippen LogP contribution in [0.4, 0.5) is 14.3 Å². The summed E-state index contributed by atoms with van der Waals surface area (Å²) in [5.74, 6) is -0.280. The molecule has 0 aliphatic heterocycles. The van der Waals surface area contributed by atoms with Crippen LogP contribution in [0.25, 0.3) is 0 Å². The molecule has 0 spiro atoms. The quantitative estimate of drug-likeness (QED) is 0.713. The number of thiazole rings is 1. The van der Waals surface area contributed by atoms with Crippen molar-refractivity contribution >= 4 is 32.5 Å². The van der Waals surface area contributed by atoms with Crippen LogP contribution in [0.2, 0.25) is 0 Å². The minimum atomic E-state index is -3.30. The predicted octanol–water partition coefficient (Wildman–Crippen LogP) is 2.78. The third-order valence-corrected chi connectivity index (χ3v) is 6.25. The highest BCUT2D eigenvalue weighted by Crippen LogP contribution is 2.17. The molecular weight excluding hydrogens is 379 g/mol. The van der Waals surface area contributed by atoms with E-state index in [0.717, 1.165) is 0 Å². The third kappa shape index (κ3) is 6.04. The van der Waals surface area contributed by atoms with Crippen LogP contribution in [0.1, 0.15) is 24.6 Å². The first kappa shape index (κ1) is 20.3. The Balaban J connectivity index is 1.86. The number of hydrogen-bond acceptors (Lipinski definition) is 5. The summed E-state index contributed by atoms with van der Waals surface area (Å²) in [6.45, 7) is 2.13. The smallest absolute Gasteiger partial charge is 0.321 e. The molecule has 0 saturated heterocycles. The molecule has 1 aromatic carbocycles. The van der Waals surface area contributed by atoms with E-state index in [-0.39, 0.29) is 24.7 Å². The van der Waals surface area contributed by atoms with Crippen LogP contribution in [0.15, 0.2) is 29.6 Å². The number of carbonyl (C=O) groups is 1. The van der Waals surface area contributed by atoms with Gasteiger partial charge in [-0.05, 0) is 24.1 Å². The van der Waals surface area contributed by atoms with Crippen LogP contribution in [-0.4, -0.2) is 36.5 Å². The van der Waals surface area contributed by atoms with E-state index in [1.54, 1.807) is 24.4 Å². The molecule has 0 bridgehead atoms. The van der Waals surface area contributed by atoms with E-state index in [0.29, 0.717) is 22.8 Å². The summed E-state index contributed by atoms with van der Waals surface area (Å²) in [6, 6.07) is 5.48. The summed E-state index contributed by atoms with van der Waals surface area (Å²) in [7, 11) is -1.79. The summed E-state index contributed by atoms with van der Waals surface area (Å²) < 4.78 is 38.3. The molecule has 0 unspecified atom stereocenters. The monoisotopic (exact) mass is 400 g/mol. The number of rotatable bonds is 8. The fourth-order valence-corrected chi connectivity index (χ4v) is 4.00. The largest absolute Gasteiger partial charge is 0.334 e. The van der Waals surface area contributed by atoms with Gasteiger partial charge in [0, 0.05) is 19.0 Å². The van der Waals surface area contributed by atoms with Crippen LogP contribution in [0.5, 0.6) is 0 Å². The second-order valence-electron chi connectivity index (χ2n) is 5.65. The van der Waals surface area contributed by atoms with E-state index in [4.69, 9.17) is 0 Å². The van der Waals surface area contributed by atoms with Crippen molar-refractivity contribution in [1.29, 1.82) is 0 Å². The van der Waals surface area contributed by atoms with E-state index >= 15 is 0 Å². The average Bonchev–Trinajstić information content (AvgIpc) is 3.00. The molecule has 142 valence electrons. The van der Waals surface area contributed by atoms with Gasteiger partial charge < -0.3 is 5.32 Å². The Morgan fingerprint density at radius 3 is 2.85 bits per heavy atom. The summed E-state index contributed by atoms with van der Waals surface area (Å²) in [6.07, 6.45) is 0.544. The number of sulfonamides is 1. The van der Waals surface area contributed by atoms with Crippen LogP contribution < -0.4 is 10.6 Å². The number of urea groups is 1. The second kappa shape index (κ2) is 9.06. The zero-order chi connectivity index (χ0) is 19.2. The lowest BCUT2D eigenvalue weighted by atomic mass is 10.2. The maximum absolute atomic E-state index is 13.1. The molecule has 0 fully saturated rings. The van der Waals surface area contributed by atoms with Gasteiger partial charge in [-0.15, -0.1) is 11.3 Å². The molecular formula is C16H21FN4O3S2. The van der Waals surface area contributed by atoms with E-state index in [1.807, 2.05) is 0 Å². The minimum Gasteiger partial charge on any atom is -0.334 e. The molecule has 2 aromatic rings. The lowest BCUT2D eigenvalue weighted by molar-refractivity contribution is 0.251. The van der Waals surface area contributed by atoms with Crippen molar-refractivity contribution in [3.05, 3.63) is 46.7 Å². The van der Waals surface area contributed by atoms with Gasteiger partial charge in [-0.3, -0.25) is 5.32 Å². The normalized spacial score (nSPS) is 11.5. The molecule has 2 N–H and O–H groups in total. The Kier molecular flexibility index (Phi) is 7.06. The predicted molar refractivity (Wildman–Crippen MR) is 99.9 cm³/mol. The summed E-state index contributed by atoms with van der Waals surface area (Å²) in [4.78, 5) is 16.1. The molecule has 0 aliphatic carbocycles. The highest BCUT2D eigenvalue weighted by molar-refractivity contribution is 7.89. The summed E-state index contributed by atoms with van der Waals surface area (Å²) >= 11 is 1.20. The van der Waals surface area contributed by atoms with E-state index < -0.39 is 16.1 Å². The number of nitrogens with zero attached hydrogens (tertiary/aromatic N) is 2. The van der Waals surface area contributed by atoms with Crippen LogP contribution in [-0.2, 0) is 23.1 Å². The van der Waals surface area contributed by atoms with Crippen molar-refractivity contribution in [2.24, 2.45) is 0 Å². The minimum absolute atomic E-state index is 0.0846. The Bertz CT molecular complexity index is 855. The molecule has 2 rings (SSSR count). The van der Waals surface area contributed by atoms with Crippen LogP contribution in [0.3, 0.4) is 0 Å². The Morgan fingerprint density at radius 2 is 2.15 bits per heavy atom. The third-order valence-electron chi connectivity index (χ3n) is 3.44. The molecule has 2 amide bonds. The highest BCUT2D eigenvalue weighted by atomic mass is 32.2. The van der Waals surface area contributed by atoms with E-state index in [9.17, 15) is 17.6 Å². The molecule has 1 heterocycles. The number of amides is 2. The highest BCUT2D eigenvalue weighted by Gasteiger charge is 2.18. The van der Waals surface area contributed by atoms with Gasteiger partial charge in [0.1, 0.15) is 5.82 Å². The molecule has 1 aromatic heterocycles. The van der Waals surface area contributed by atoms with Gasteiger partial charge in [0.25, 0.3) is 0 Å². The van der Waals surface area contributed by atoms with Crippen molar-refractivity contribution < 1.29 is 17.6 Å². The fraction of sp³-hybridized carbons (Fsp3) is 0.375. The number of halogens is 1. The molecule has 0 atom stereocenters. The average molecular weight is 401 g/mol. The van der Waals surface area contributed by atoms with Crippen LogP contribution in [0, 0.1) is 5.82 Å². The molecule has 7 nitrogen and oxygen atoms in total. The first-order chi connectivity index (χ1) is 12.3. The fourth-order valence-electron chi connectivity index (χ4n) is 2.15. The summed E-state index contributed by atoms with van der Waals surface area (Å²) in [5.41, 5.74) is 1.19. The van der Waals surface area contributed by atoms with E-state index in [2.05, 4.69) is 15.6 Å². The molecule has 0 saturated carbocycles. The Morgan fingerprint density at radius 1 is 1.38 bits per heavy atom. The van der Waals surface area contributed by atoms with Gasteiger partial charge in [-0.1, -0.05) is 19.1 Å². The number of carbonyl (C=O) groups excluding carboxylic acids is 1. The first-order valence-electron chi connectivity index (χ1n) is 7.98. The van der Waals surface area contributed by atoms with Gasteiger partial charge in [0.15, 0.2) is 5.13 Å². The summed E-state index contributed by atoms with van der Waals surface area (Å²) in [5, 5.41) is 7.24. The number of aromatic nitrogens is 1. The number of hydrogen-bond donors (Lipinski definition) is 2. The van der Waals surface area contributed by atoms with Gasteiger partial charge in [0.05, 0.1) is 18.0 Å². The van der Waals surface area contributed by atoms with Gasteiger partial charge in [0.2, 0.25) is 10.0 Å². The van der Waals surface area contributed by atoms with Gasteiger partial charge in [-0.25, -0.2) is 22.6 Å². The SMILES string of the molecule is CCCS(=O)(=O)N(C)Cc1csc(NC(=O)NCc2cccc(F)c2)n1. The van der Waals surface area contributed by atoms with Crippen LogP contribution >= 0.6 is 11.3 Å². The Hall–Kier alpha value is -2.04. The Labute approximate surface area is 156 Å². The number of anilines is 1. The van der Waals surface area contributed by atoms with Gasteiger partial charge in [-0.2, -0.15) is 4.31 Å². The molecule has 10 heteroatoms. The topological polar surface area (TPSA) is 91.4 Å². The zero-order valence-corrected chi connectivity index (χ0v) is 16.2. The second-order valence-corrected chi connectivity index (χ2v) is 8.71. The van der Waals surface area contributed by atoms with E-state index in [1.165, 1.54) is 34.8 Å². The van der Waals surface area contributed by atoms with Crippen molar-refractivity contribution in [1.82, 2.24) is 14.6 Å². The zero-order valence-electron chi connectivity index (χ0n) is 14.5. The lowest BCUT2D eigenvalue weighted by Gasteiger charge is -2.15. The first-order valence-corrected chi connectivity index (χ1v) is 10.5. The van der Waals surface area contributed by atoms with Gasteiger partial charge >= 0.3 is 6.03 Å². The number of nitrogens with one attached hydrogen (secondary N) is 2. The van der Waals surface area contributed by atoms with Crippen molar-refractivity contribution in [3.8, 4) is 0 Å². The standard InChI is InChI=1S/C16H21FN4O3S2/c1-3-7-26(23,24)21(2)10-14-11-25-16(19-14)20-15(22)18-9-12-5-4-6-13(17)8-12/h4-6,8,11H,3,7,9-10H2,1-2H3,(H2,18,19,20,22). The van der Waals surface area contributed by atoms with Crippen molar-refractivity contribution in [2.45, 2.75) is 26.4 Å². The maximum atomic E-state index is 13.1. The molecule has 0 radical (unpaired) electrons. The number of benzene rings is 1. The van der Waals surface area contributed by atoms with Crippen molar-refractivity contribution in [2.75, 3.05) is 18.1 Å². The van der Waals surface area contributed by atoms with Crippen molar-refractivity contribution in [3.63, 3.8) is 0 Å². The molecule has 0 aliphatic rings. The maximum Gasteiger partial charge on any atom is 0.321 e. The lowest BCUT2D eigenvalue weighted by Crippen LogP contribution is -2.29. The molecule has 26 heavy (non-hydrogen) atoms.